The zero-order valence-corrected chi connectivity index (χ0v) is 19.1. The molecule has 0 spiro atoms. The minimum absolute atomic E-state index is 0.00725. The van der Waals surface area contributed by atoms with Gasteiger partial charge in [-0.3, -0.25) is 9.59 Å². The summed E-state index contributed by atoms with van der Waals surface area (Å²) in [5.74, 6) is 1.40. The highest BCUT2D eigenvalue weighted by atomic mass is 16.5. The molecule has 1 saturated heterocycles. The van der Waals surface area contributed by atoms with Crippen molar-refractivity contribution in [1.82, 2.24) is 15.4 Å². The molecule has 1 aliphatic carbocycles. The average Bonchev–Trinajstić information content (AvgIpc) is 3.29. The molecule has 0 radical (unpaired) electrons. The molecule has 1 aromatic heterocycles. The van der Waals surface area contributed by atoms with Gasteiger partial charge in [0.2, 0.25) is 11.8 Å². The number of benzene rings is 1. The molecule has 6 heteroatoms. The van der Waals surface area contributed by atoms with E-state index in [-0.39, 0.29) is 11.8 Å². The summed E-state index contributed by atoms with van der Waals surface area (Å²) < 4.78 is 5.66. The van der Waals surface area contributed by atoms with E-state index in [1.807, 2.05) is 48.2 Å². The molecule has 0 unspecified atom stereocenters. The Bertz CT molecular complexity index is 904. The smallest absolute Gasteiger partial charge is 0.228 e. The summed E-state index contributed by atoms with van der Waals surface area (Å²) >= 11 is 0. The maximum absolute atomic E-state index is 13.2. The van der Waals surface area contributed by atoms with Gasteiger partial charge in [-0.1, -0.05) is 54.8 Å². The number of hydrogen-bond acceptors (Lipinski definition) is 4. The van der Waals surface area contributed by atoms with Crippen LogP contribution in [0.1, 0.15) is 64.1 Å². The normalized spacial score (nSPS) is 22.0. The molecule has 2 heterocycles. The molecule has 32 heavy (non-hydrogen) atoms. The van der Waals surface area contributed by atoms with Crippen LogP contribution in [0, 0.1) is 11.3 Å². The van der Waals surface area contributed by atoms with Crippen LogP contribution >= 0.6 is 0 Å². The molecular weight excluding hydrogens is 402 g/mol. The number of likely N-dealkylation sites (tertiary alicyclic amines) is 1. The van der Waals surface area contributed by atoms with Gasteiger partial charge in [-0.15, -0.1) is 0 Å². The van der Waals surface area contributed by atoms with E-state index in [0.717, 1.165) is 43.5 Å². The zero-order chi connectivity index (χ0) is 22.4. The van der Waals surface area contributed by atoms with E-state index >= 15 is 0 Å². The second-order valence-corrected chi connectivity index (χ2v) is 9.49. The lowest BCUT2D eigenvalue weighted by Crippen LogP contribution is -2.54. The fourth-order valence-corrected chi connectivity index (χ4v) is 5.34. The van der Waals surface area contributed by atoms with E-state index in [0.29, 0.717) is 37.6 Å². The van der Waals surface area contributed by atoms with Crippen molar-refractivity contribution in [2.24, 2.45) is 11.3 Å². The number of nitrogens with zero attached hydrogens (tertiary/aromatic N) is 2. The number of aromatic nitrogens is 1. The van der Waals surface area contributed by atoms with Crippen molar-refractivity contribution in [3.8, 4) is 11.3 Å². The van der Waals surface area contributed by atoms with Crippen LogP contribution < -0.4 is 5.32 Å². The number of nitrogens with one attached hydrogen (secondary N) is 1. The van der Waals surface area contributed by atoms with Crippen LogP contribution in [-0.2, 0) is 16.0 Å². The van der Waals surface area contributed by atoms with E-state index in [2.05, 4.69) is 10.5 Å². The lowest BCUT2D eigenvalue weighted by molar-refractivity contribution is -0.142. The third-order valence-corrected chi connectivity index (χ3v) is 7.08. The fourth-order valence-electron chi connectivity index (χ4n) is 5.34. The van der Waals surface area contributed by atoms with E-state index in [4.69, 9.17) is 4.52 Å². The Morgan fingerprint density at radius 1 is 1.16 bits per heavy atom. The maximum atomic E-state index is 13.2. The number of piperidine rings is 1. The Kier molecular flexibility index (Phi) is 7.28. The molecule has 2 aromatic rings. The molecule has 2 aliphatic rings. The number of amides is 2. The van der Waals surface area contributed by atoms with Gasteiger partial charge in [0, 0.05) is 44.1 Å². The van der Waals surface area contributed by atoms with E-state index in [1.165, 1.54) is 19.3 Å². The molecular formula is C26H35N3O3. The van der Waals surface area contributed by atoms with E-state index < -0.39 is 5.41 Å². The van der Waals surface area contributed by atoms with E-state index in [1.54, 1.807) is 0 Å². The molecule has 6 nitrogen and oxygen atoms in total. The number of carbonyl (C=O) groups excluding carboxylic acids is 2. The first-order chi connectivity index (χ1) is 15.6. The van der Waals surface area contributed by atoms with Crippen LogP contribution in [0.5, 0.6) is 0 Å². The summed E-state index contributed by atoms with van der Waals surface area (Å²) in [6, 6.07) is 11.8. The monoisotopic (exact) mass is 437 g/mol. The summed E-state index contributed by atoms with van der Waals surface area (Å²) in [5, 5.41) is 7.25. The largest absolute Gasteiger partial charge is 0.361 e. The first kappa shape index (κ1) is 22.6. The Labute approximate surface area is 190 Å². The molecule has 2 amide bonds. The van der Waals surface area contributed by atoms with E-state index in [9.17, 15) is 9.59 Å². The highest BCUT2D eigenvalue weighted by molar-refractivity contribution is 5.85. The molecule has 0 bridgehead atoms. The predicted molar refractivity (Wildman–Crippen MR) is 124 cm³/mol. The van der Waals surface area contributed by atoms with Gasteiger partial charge in [0.15, 0.2) is 0 Å². The van der Waals surface area contributed by atoms with Gasteiger partial charge in [0.05, 0.1) is 5.41 Å². The Morgan fingerprint density at radius 2 is 1.94 bits per heavy atom. The first-order valence-corrected chi connectivity index (χ1v) is 12.2. The van der Waals surface area contributed by atoms with Crippen molar-refractivity contribution in [1.29, 1.82) is 0 Å². The molecule has 1 atom stereocenters. The van der Waals surface area contributed by atoms with Crippen molar-refractivity contribution in [3.05, 3.63) is 42.2 Å². The zero-order valence-electron chi connectivity index (χ0n) is 19.1. The fraction of sp³-hybridized carbons (Fsp3) is 0.577. The third-order valence-electron chi connectivity index (χ3n) is 7.08. The maximum Gasteiger partial charge on any atom is 0.228 e. The van der Waals surface area contributed by atoms with Crippen LogP contribution in [0.3, 0.4) is 0 Å². The summed E-state index contributed by atoms with van der Waals surface area (Å²) in [5.41, 5.74) is 1.08. The van der Waals surface area contributed by atoms with Crippen molar-refractivity contribution < 1.29 is 14.1 Å². The van der Waals surface area contributed by atoms with Crippen LogP contribution in [0.15, 0.2) is 40.9 Å². The van der Waals surface area contributed by atoms with Gasteiger partial charge >= 0.3 is 0 Å². The molecule has 172 valence electrons. The highest BCUT2D eigenvalue weighted by Crippen LogP contribution is 2.36. The molecule has 2 fully saturated rings. The standard InChI is InChI=1S/C26H35N3O3/c1-2-27-25(31)26(18-22-17-23(28-32-22)21-12-7-4-8-13-21)14-9-15-29(19-26)24(30)16-20-10-5-3-6-11-20/h4,7-8,12-13,17,20H,2-3,5-6,9-11,14-16,18-19H2,1H3,(H,27,31)/t26-/m1/s1. The van der Waals surface area contributed by atoms with Gasteiger partial charge in [-0.2, -0.15) is 0 Å². The lowest BCUT2D eigenvalue weighted by Gasteiger charge is -2.41. The Hall–Kier alpha value is -2.63. The SMILES string of the molecule is CCNC(=O)[C@@]1(Cc2cc(-c3ccccc3)no2)CCCN(C(=O)CC2CCCCC2)C1. The van der Waals surface area contributed by atoms with Crippen LogP contribution in [-0.4, -0.2) is 41.5 Å². The minimum Gasteiger partial charge on any atom is -0.361 e. The van der Waals surface area contributed by atoms with Crippen LogP contribution in [0.4, 0.5) is 0 Å². The van der Waals surface area contributed by atoms with Crippen LogP contribution in [0.25, 0.3) is 11.3 Å². The summed E-state index contributed by atoms with van der Waals surface area (Å²) in [6.45, 7) is 3.69. The average molecular weight is 438 g/mol. The molecule has 1 aromatic carbocycles. The van der Waals surface area contributed by atoms with Crippen molar-refractivity contribution in [3.63, 3.8) is 0 Å². The number of hydrogen-bond donors (Lipinski definition) is 1. The summed E-state index contributed by atoms with van der Waals surface area (Å²) in [6.07, 6.45) is 8.70. The van der Waals surface area contributed by atoms with Gasteiger partial charge < -0.3 is 14.7 Å². The number of rotatable bonds is 7. The molecule has 1 aliphatic heterocycles. The van der Waals surface area contributed by atoms with Crippen LogP contribution in [0.2, 0.25) is 0 Å². The molecule has 4 rings (SSSR count). The quantitative estimate of drug-likeness (QED) is 0.687. The van der Waals surface area contributed by atoms with Gasteiger partial charge in [-0.05, 0) is 38.5 Å². The second-order valence-electron chi connectivity index (χ2n) is 9.49. The van der Waals surface area contributed by atoms with Gasteiger partial charge in [-0.25, -0.2) is 0 Å². The second kappa shape index (κ2) is 10.3. The van der Waals surface area contributed by atoms with Gasteiger partial charge in [0.25, 0.3) is 0 Å². The summed E-state index contributed by atoms with van der Waals surface area (Å²) in [7, 11) is 0. The lowest BCUT2D eigenvalue weighted by atomic mass is 9.75. The van der Waals surface area contributed by atoms with Crippen molar-refractivity contribution >= 4 is 11.8 Å². The Balaban J connectivity index is 1.50. The summed E-state index contributed by atoms with van der Waals surface area (Å²) in [4.78, 5) is 28.3. The minimum atomic E-state index is -0.677. The first-order valence-electron chi connectivity index (χ1n) is 12.2. The topological polar surface area (TPSA) is 75.4 Å². The third kappa shape index (κ3) is 5.22. The molecule has 1 saturated carbocycles. The number of carbonyl (C=O) groups is 2. The highest BCUT2D eigenvalue weighted by Gasteiger charge is 2.44. The van der Waals surface area contributed by atoms with Crippen molar-refractivity contribution in [2.45, 2.75) is 64.7 Å². The Morgan fingerprint density at radius 3 is 2.69 bits per heavy atom. The van der Waals surface area contributed by atoms with Crippen molar-refractivity contribution in [2.75, 3.05) is 19.6 Å². The van der Waals surface area contributed by atoms with Gasteiger partial charge in [0.1, 0.15) is 11.5 Å². The molecule has 1 N–H and O–H groups in total. The predicted octanol–water partition coefficient (Wildman–Crippen LogP) is 4.60.